The molecule has 5 rings (SSSR count). The van der Waals surface area contributed by atoms with E-state index in [1.165, 1.54) is 15.9 Å². The van der Waals surface area contributed by atoms with Gasteiger partial charge in [-0.3, -0.25) is 4.79 Å². The molecule has 0 aliphatic carbocycles. The highest BCUT2D eigenvalue weighted by atomic mass is 32.1. The number of thiazole rings is 1. The van der Waals surface area contributed by atoms with Gasteiger partial charge in [0, 0.05) is 11.6 Å². The Labute approximate surface area is 169 Å². The summed E-state index contributed by atoms with van der Waals surface area (Å²) in [6.45, 7) is 0.204. The van der Waals surface area contributed by atoms with Crippen molar-refractivity contribution in [2.24, 2.45) is 0 Å². The van der Waals surface area contributed by atoms with Crippen molar-refractivity contribution in [3.8, 4) is 17.1 Å². The highest BCUT2D eigenvalue weighted by molar-refractivity contribution is 7.15. The standard InChI is InChI=1S/C22H15N3O3S/c26-21-19(13-17-11-12-18(28-17)15-7-3-1-4-8-15)29-22-23-20(24-25(21)22)14-27-16-9-5-2-6-10-16/h1-13H,14H2/b19-13-. The smallest absolute Gasteiger partial charge is 0.291 e. The van der Waals surface area contributed by atoms with Crippen molar-refractivity contribution < 1.29 is 9.15 Å². The molecule has 0 radical (unpaired) electrons. The lowest BCUT2D eigenvalue weighted by Crippen LogP contribution is -2.23. The van der Waals surface area contributed by atoms with Gasteiger partial charge in [0.05, 0.1) is 0 Å². The zero-order valence-electron chi connectivity index (χ0n) is 15.2. The van der Waals surface area contributed by atoms with Crippen LogP contribution in [0.3, 0.4) is 0 Å². The van der Waals surface area contributed by atoms with Crippen LogP contribution in [-0.4, -0.2) is 14.6 Å². The number of para-hydroxylation sites is 1. The summed E-state index contributed by atoms with van der Waals surface area (Å²) in [5.74, 6) is 2.56. The number of ether oxygens (including phenoxy) is 1. The van der Waals surface area contributed by atoms with Crippen molar-refractivity contribution in [2.45, 2.75) is 6.61 Å². The zero-order chi connectivity index (χ0) is 19.6. The summed E-state index contributed by atoms with van der Waals surface area (Å²) in [6, 6.07) is 23.0. The third-order valence-electron chi connectivity index (χ3n) is 4.30. The van der Waals surface area contributed by atoms with Gasteiger partial charge >= 0.3 is 0 Å². The van der Waals surface area contributed by atoms with Crippen molar-refractivity contribution in [3.63, 3.8) is 0 Å². The van der Waals surface area contributed by atoms with E-state index in [0.717, 1.165) is 17.1 Å². The van der Waals surface area contributed by atoms with Crippen molar-refractivity contribution in [1.82, 2.24) is 14.6 Å². The molecule has 0 saturated heterocycles. The molecular formula is C22H15N3O3S. The highest BCUT2D eigenvalue weighted by Crippen LogP contribution is 2.22. The van der Waals surface area contributed by atoms with Gasteiger partial charge in [-0.1, -0.05) is 59.9 Å². The average molecular weight is 401 g/mol. The van der Waals surface area contributed by atoms with Crippen molar-refractivity contribution in [1.29, 1.82) is 0 Å². The first kappa shape index (κ1) is 17.4. The molecule has 0 amide bonds. The fraction of sp³-hybridized carbons (Fsp3) is 0.0455. The van der Waals surface area contributed by atoms with E-state index < -0.39 is 0 Å². The van der Waals surface area contributed by atoms with E-state index in [1.54, 1.807) is 6.08 Å². The molecule has 29 heavy (non-hydrogen) atoms. The summed E-state index contributed by atoms with van der Waals surface area (Å²) in [4.78, 5) is 17.6. The molecule has 2 aromatic carbocycles. The number of furan rings is 1. The lowest BCUT2D eigenvalue weighted by atomic mass is 10.2. The number of hydrogen-bond acceptors (Lipinski definition) is 6. The largest absolute Gasteiger partial charge is 0.486 e. The summed E-state index contributed by atoms with van der Waals surface area (Å²) in [5.41, 5.74) is 0.765. The van der Waals surface area contributed by atoms with E-state index in [-0.39, 0.29) is 12.2 Å². The molecule has 0 atom stereocenters. The molecule has 0 aliphatic rings. The second kappa shape index (κ2) is 7.37. The molecule has 0 fully saturated rings. The zero-order valence-corrected chi connectivity index (χ0v) is 16.0. The number of aromatic nitrogens is 3. The van der Waals surface area contributed by atoms with Crippen molar-refractivity contribution in [2.75, 3.05) is 0 Å². The first-order valence-corrected chi connectivity index (χ1v) is 9.81. The van der Waals surface area contributed by atoms with Crippen LogP contribution in [0.4, 0.5) is 0 Å². The Balaban J connectivity index is 1.40. The van der Waals surface area contributed by atoms with Crippen LogP contribution < -0.4 is 14.8 Å². The molecule has 3 aromatic heterocycles. The van der Waals surface area contributed by atoms with Gasteiger partial charge in [0.2, 0.25) is 4.96 Å². The van der Waals surface area contributed by atoms with Crippen LogP contribution >= 0.6 is 11.3 Å². The molecule has 7 heteroatoms. The SMILES string of the molecule is O=c1/c(=C/c2ccc(-c3ccccc3)o2)sc2nc(COc3ccccc3)nn12. The predicted molar refractivity (Wildman–Crippen MR) is 111 cm³/mol. The van der Waals surface area contributed by atoms with Gasteiger partial charge in [0.25, 0.3) is 5.56 Å². The van der Waals surface area contributed by atoms with Gasteiger partial charge in [-0.2, -0.15) is 9.50 Å². The fourth-order valence-electron chi connectivity index (χ4n) is 2.92. The maximum Gasteiger partial charge on any atom is 0.291 e. The van der Waals surface area contributed by atoms with Gasteiger partial charge in [-0.15, -0.1) is 5.10 Å². The summed E-state index contributed by atoms with van der Waals surface area (Å²) in [5, 5.41) is 4.27. The molecule has 142 valence electrons. The molecular weight excluding hydrogens is 386 g/mol. The molecule has 0 N–H and O–H groups in total. The van der Waals surface area contributed by atoms with Crippen LogP contribution in [0.2, 0.25) is 0 Å². The maximum atomic E-state index is 12.7. The minimum atomic E-state index is -0.221. The van der Waals surface area contributed by atoms with E-state index in [0.29, 0.717) is 21.1 Å². The number of benzene rings is 2. The van der Waals surface area contributed by atoms with E-state index in [1.807, 2.05) is 72.8 Å². The quantitative estimate of drug-likeness (QED) is 0.451. The normalized spacial score (nSPS) is 11.9. The lowest BCUT2D eigenvalue weighted by Gasteiger charge is -2.01. The Morgan fingerprint density at radius 2 is 1.76 bits per heavy atom. The van der Waals surface area contributed by atoms with E-state index in [2.05, 4.69) is 10.1 Å². The fourth-order valence-corrected chi connectivity index (χ4v) is 3.82. The molecule has 3 heterocycles. The van der Waals surface area contributed by atoms with Crippen molar-refractivity contribution >= 4 is 22.4 Å². The third-order valence-corrected chi connectivity index (χ3v) is 5.25. The minimum Gasteiger partial charge on any atom is -0.486 e. The number of hydrogen-bond donors (Lipinski definition) is 0. The second-order valence-electron chi connectivity index (χ2n) is 6.31. The Kier molecular flexibility index (Phi) is 4.42. The molecule has 0 saturated carbocycles. The highest BCUT2D eigenvalue weighted by Gasteiger charge is 2.11. The van der Waals surface area contributed by atoms with Gasteiger partial charge in [-0.25, -0.2) is 0 Å². The first-order chi connectivity index (χ1) is 14.3. The summed E-state index contributed by atoms with van der Waals surface area (Å²) in [7, 11) is 0. The first-order valence-electron chi connectivity index (χ1n) is 8.99. The minimum absolute atomic E-state index is 0.204. The molecule has 0 spiro atoms. The third kappa shape index (κ3) is 3.55. The molecule has 0 bridgehead atoms. The molecule has 5 aromatic rings. The van der Waals surface area contributed by atoms with Crippen LogP contribution in [0, 0.1) is 0 Å². The summed E-state index contributed by atoms with van der Waals surface area (Å²) < 4.78 is 13.3. The number of rotatable bonds is 5. The second-order valence-corrected chi connectivity index (χ2v) is 7.32. The van der Waals surface area contributed by atoms with Gasteiger partial charge in [0.1, 0.15) is 28.4 Å². The Hall–Kier alpha value is -3.71. The van der Waals surface area contributed by atoms with Crippen LogP contribution in [-0.2, 0) is 6.61 Å². The summed E-state index contributed by atoms with van der Waals surface area (Å²) in [6.07, 6.45) is 1.72. The van der Waals surface area contributed by atoms with Gasteiger partial charge in [-0.05, 0) is 24.3 Å². The van der Waals surface area contributed by atoms with Crippen LogP contribution in [0.5, 0.6) is 5.75 Å². The molecule has 6 nitrogen and oxygen atoms in total. The van der Waals surface area contributed by atoms with Crippen LogP contribution in [0.1, 0.15) is 11.6 Å². The van der Waals surface area contributed by atoms with Gasteiger partial charge < -0.3 is 9.15 Å². The average Bonchev–Trinajstić information content (AvgIpc) is 3.46. The van der Waals surface area contributed by atoms with E-state index in [4.69, 9.17) is 9.15 Å². The Bertz CT molecular complexity index is 1370. The lowest BCUT2D eigenvalue weighted by molar-refractivity contribution is 0.296. The Morgan fingerprint density at radius 1 is 1.00 bits per heavy atom. The van der Waals surface area contributed by atoms with Crippen LogP contribution in [0.15, 0.2) is 82.0 Å². The van der Waals surface area contributed by atoms with E-state index in [9.17, 15) is 4.79 Å². The van der Waals surface area contributed by atoms with Crippen LogP contribution in [0.25, 0.3) is 22.4 Å². The maximum absolute atomic E-state index is 12.7. The van der Waals surface area contributed by atoms with Gasteiger partial charge in [0.15, 0.2) is 5.82 Å². The Morgan fingerprint density at radius 3 is 2.52 bits per heavy atom. The van der Waals surface area contributed by atoms with Crippen molar-refractivity contribution in [3.05, 3.63) is 99.3 Å². The number of fused-ring (bicyclic) bond motifs is 1. The summed E-state index contributed by atoms with van der Waals surface area (Å²) >= 11 is 1.27. The number of nitrogens with zero attached hydrogens (tertiary/aromatic N) is 3. The monoisotopic (exact) mass is 401 g/mol. The molecule has 0 aliphatic heterocycles. The molecule has 0 unspecified atom stereocenters. The predicted octanol–water partition coefficient (Wildman–Crippen LogP) is 3.54. The topological polar surface area (TPSA) is 69.6 Å². The van der Waals surface area contributed by atoms with E-state index >= 15 is 0 Å².